The molecule has 2 atom stereocenters. The second kappa shape index (κ2) is 12.0. The van der Waals surface area contributed by atoms with Crippen molar-refractivity contribution in [1.82, 2.24) is 0 Å². The largest absolute Gasteiger partial charge is 0.460 e. The Kier molecular flexibility index (Phi) is 11.8. The number of carbonyl (C=O) groups is 1. The predicted molar refractivity (Wildman–Crippen MR) is 93.2 cm³/mol. The number of esters is 1. The Hall–Kier alpha value is -0.510. The van der Waals surface area contributed by atoms with Crippen LogP contribution in [0.1, 0.15) is 6.92 Å². The minimum atomic E-state index is -4.53. The lowest BCUT2D eigenvalue weighted by Gasteiger charge is -2.36. The van der Waals surface area contributed by atoms with E-state index in [0.29, 0.717) is 30.7 Å². The summed E-state index contributed by atoms with van der Waals surface area (Å²) in [5.74, 6) is -0.368. The van der Waals surface area contributed by atoms with Gasteiger partial charge in [-0.15, -0.1) is 0 Å². The molecule has 0 aromatic rings. The summed E-state index contributed by atoms with van der Waals surface area (Å²) < 4.78 is 48.8. The van der Waals surface area contributed by atoms with E-state index in [1.807, 2.05) is 7.05 Å². The summed E-state index contributed by atoms with van der Waals surface area (Å²) in [4.78, 5) is 10.9. The molecule has 0 aromatic heterocycles. The molecule has 26 heavy (non-hydrogen) atoms. The molecule has 0 radical (unpaired) electrons. The number of quaternary nitrogens is 2. The highest BCUT2D eigenvalue weighted by molar-refractivity contribution is 7.89. The summed E-state index contributed by atoms with van der Waals surface area (Å²) in [7, 11) is 0.388. The number of rotatable bonds is 15. The number of nitrogens with zero attached hydrogens (tertiary/aromatic N) is 2. The smallest absolute Gasteiger partial charge is 0.397 e. The van der Waals surface area contributed by atoms with Gasteiger partial charge in [0.05, 0.1) is 21.2 Å². The zero-order valence-corrected chi connectivity index (χ0v) is 17.3. The molecule has 2 unspecified atom stereocenters. The van der Waals surface area contributed by atoms with Crippen molar-refractivity contribution in [2.75, 3.05) is 73.7 Å². The Labute approximate surface area is 159 Å². The van der Waals surface area contributed by atoms with E-state index in [4.69, 9.17) is 17.7 Å². The molecule has 13 heteroatoms. The third-order valence-electron chi connectivity index (χ3n) is 3.69. The van der Waals surface area contributed by atoms with Crippen LogP contribution < -0.4 is 0 Å². The van der Waals surface area contributed by atoms with Gasteiger partial charge in [-0.05, 0) is 0 Å². The molecule has 0 aliphatic rings. The molecule has 0 fully saturated rings. The first kappa shape index (κ1) is 25.5. The molecule has 0 saturated heterocycles. The van der Waals surface area contributed by atoms with Gasteiger partial charge in [0.15, 0.2) is 18.9 Å². The van der Waals surface area contributed by atoms with E-state index in [2.05, 4.69) is 4.18 Å². The van der Waals surface area contributed by atoms with Gasteiger partial charge in [0.1, 0.15) is 46.0 Å². The number of hydrogen-bond donors (Lipinski definition) is 2. The fourth-order valence-electron chi connectivity index (χ4n) is 1.99. The molecular weight excluding hydrogens is 392 g/mol. The normalized spacial score (nSPS) is 16.7. The number of hydroxylamine groups is 3. The third-order valence-corrected chi connectivity index (χ3v) is 4.56. The summed E-state index contributed by atoms with van der Waals surface area (Å²) in [5.41, 5.74) is 0. The molecule has 11 nitrogen and oxygen atoms in total. The molecule has 0 saturated carbocycles. The summed E-state index contributed by atoms with van der Waals surface area (Å²) in [6, 6.07) is 0. The van der Waals surface area contributed by atoms with Crippen LogP contribution in [0.15, 0.2) is 0 Å². The quantitative estimate of drug-likeness (QED) is 0.0920. The van der Waals surface area contributed by atoms with Crippen molar-refractivity contribution in [2.45, 2.75) is 6.92 Å². The second-order valence-electron chi connectivity index (χ2n) is 6.22. The van der Waals surface area contributed by atoms with E-state index >= 15 is 0 Å². The molecule has 0 spiro atoms. The minimum Gasteiger partial charge on any atom is -0.460 e. The van der Waals surface area contributed by atoms with E-state index in [1.54, 1.807) is 0 Å². The lowest BCUT2D eigenvalue weighted by Crippen LogP contribution is -2.56. The number of ether oxygens (including phenoxy) is 1. The first-order valence-corrected chi connectivity index (χ1v) is 9.91. The minimum absolute atomic E-state index is 0.0280. The van der Waals surface area contributed by atoms with Crippen molar-refractivity contribution in [2.24, 2.45) is 0 Å². The van der Waals surface area contributed by atoms with Gasteiger partial charge in [-0.2, -0.15) is 13.1 Å². The predicted octanol–water partition coefficient (Wildman–Crippen LogP) is -0.122. The number of likely N-dealkylation sites (N-methyl/N-ethyl adjacent to an activating group) is 2. The molecule has 0 bridgehead atoms. The summed E-state index contributed by atoms with van der Waals surface area (Å²) in [6.45, 7) is 3.45. The zero-order valence-electron chi connectivity index (χ0n) is 15.6. The van der Waals surface area contributed by atoms with E-state index < -0.39 is 15.0 Å². The second-order valence-corrected chi connectivity index (χ2v) is 8.02. The monoisotopic (exact) mass is 422 g/mol. The average molecular weight is 423 g/mol. The summed E-state index contributed by atoms with van der Waals surface area (Å²) >= 11 is 0.869. The van der Waals surface area contributed by atoms with Crippen molar-refractivity contribution in [1.29, 1.82) is 0 Å². The summed E-state index contributed by atoms with van der Waals surface area (Å²) in [6.07, 6.45) is 0. The van der Waals surface area contributed by atoms with Crippen LogP contribution in [0.2, 0.25) is 0 Å². The molecule has 0 rings (SSSR count). The average Bonchev–Trinajstić information content (AvgIpc) is 2.48. The maximum absolute atomic E-state index is 10.9. The molecule has 0 heterocycles. The fourth-order valence-corrected chi connectivity index (χ4v) is 2.52. The van der Waals surface area contributed by atoms with Crippen molar-refractivity contribution >= 4 is 28.7 Å². The highest BCUT2D eigenvalue weighted by Crippen LogP contribution is 2.09. The van der Waals surface area contributed by atoms with Gasteiger partial charge >= 0.3 is 16.4 Å². The zero-order chi connectivity index (χ0) is 20.3. The van der Waals surface area contributed by atoms with E-state index in [0.717, 1.165) is 12.3 Å². The Morgan fingerprint density at radius 1 is 1.04 bits per heavy atom. The van der Waals surface area contributed by atoms with Crippen LogP contribution in [0, 0.1) is 0 Å². The van der Waals surface area contributed by atoms with Crippen LogP contribution in [0.3, 0.4) is 0 Å². The summed E-state index contributed by atoms with van der Waals surface area (Å²) in [5, 5.41) is 10.3. The molecule has 2 N–H and O–H groups in total. The van der Waals surface area contributed by atoms with Crippen molar-refractivity contribution in [3.63, 3.8) is 0 Å². The third kappa shape index (κ3) is 14.6. The molecule has 0 aromatic carbocycles. The van der Waals surface area contributed by atoms with Crippen LogP contribution in [-0.4, -0.2) is 107 Å². The van der Waals surface area contributed by atoms with Gasteiger partial charge in [0.2, 0.25) is 0 Å². The Bertz CT molecular complexity index is 516. The van der Waals surface area contributed by atoms with Gasteiger partial charge in [0.25, 0.3) is 0 Å². The van der Waals surface area contributed by atoms with Crippen LogP contribution in [-0.2, 0) is 32.5 Å². The topological polar surface area (TPSA) is 129 Å². The first-order chi connectivity index (χ1) is 11.9. The molecule has 0 amide bonds. The maximum Gasteiger partial charge on any atom is 0.397 e. The van der Waals surface area contributed by atoms with Gasteiger partial charge in [-0.1, -0.05) is 0 Å². The standard InChI is InChI=1S/C13H29N2O9S2/c1-13(16)22-10-7-14(2,8-11-23-25-21-4)5-6-15(3,17)9-12-24-26(18,19)20/h17H,5-12H2,1-4H3/q+1/p+1. The Morgan fingerprint density at radius 3 is 2.19 bits per heavy atom. The van der Waals surface area contributed by atoms with Crippen molar-refractivity contribution in [3.8, 4) is 0 Å². The number of carbonyl (C=O) groups excluding carboxylic acids is 1. The van der Waals surface area contributed by atoms with Crippen LogP contribution in [0.5, 0.6) is 0 Å². The lowest BCUT2D eigenvalue weighted by atomic mass is 10.3. The van der Waals surface area contributed by atoms with Gasteiger partial charge < -0.3 is 9.22 Å². The Morgan fingerprint density at radius 2 is 1.65 bits per heavy atom. The maximum atomic E-state index is 10.9. The highest BCUT2D eigenvalue weighted by Gasteiger charge is 2.29. The molecule has 156 valence electrons. The van der Waals surface area contributed by atoms with Gasteiger partial charge in [0, 0.05) is 6.92 Å². The van der Waals surface area contributed by atoms with Crippen LogP contribution in [0.4, 0.5) is 0 Å². The fraction of sp³-hybridized carbons (Fsp3) is 0.923. The van der Waals surface area contributed by atoms with Gasteiger partial charge in [-0.25, -0.2) is 9.39 Å². The molecule has 0 aliphatic heterocycles. The number of hydrogen-bond acceptors (Lipinski definition) is 9. The van der Waals surface area contributed by atoms with Gasteiger partial charge in [-0.3, -0.25) is 17.7 Å². The lowest BCUT2D eigenvalue weighted by molar-refractivity contribution is -1.10. The van der Waals surface area contributed by atoms with Crippen LogP contribution in [0.25, 0.3) is 0 Å². The van der Waals surface area contributed by atoms with Crippen molar-refractivity contribution in [3.05, 3.63) is 0 Å². The van der Waals surface area contributed by atoms with E-state index in [9.17, 15) is 18.4 Å². The SMILES string of the molecule is COSOCC[N+](C)(CCOC(C)=O)CC[N+](C)(O)CCOS(=O)(=O)O. The first-order valence-electron chi connectivity index (χ1n) is 7.87. The molecule has 0 aliphatic carbocycles. The highest BCUT2D eigenvalue weighted by atomic mass is 32.3. The van der Waals surface area contributed by atoms with Crippen LogP contribution >= 0.6 is 12.3 Å². The van der Waals surface area contributed by atoms with E-state index in [-0.39, 0.29) is 32.3 Å². The van der Waals surface area contributed by atoms with E-state index in [1.165, 1.54) is 21.1 Å². The van der Waals surface area contributed by atoms with Crippen molar-refractivity contribution < 1.29 is 49.4 Å². The Balaban J connectivity index is 4.58. The molecular formula is C13H30N2O9S2+2.